The molecule has 0 spiro atoms. The lowest BCUT2D eigenvalue weighted by atomic mass is 10.3. The summed E-state index contributed by atoms with van der Waals surface area (Å²) in [5, 5.41) is 2.73. The second kappa shape index (κ2) is 4.32. The predicted molar refractivity (Wildman–Crippen MR) is 56.4 cm³/mol. The average Bonchev–Trinajstić information content (AvgIpc) is 2.31. The molecule has 0 unspecified atom stereocenters. The van der Waals surface area contributed by atoms with Gasteiger partial charge in [0.15, 0.2) is 0 Å². The van der Waals surface area contributed by atoms with E-state index in [1.807, 2.05) is 30.3 Å². The summed E-state index contributed by atoms with van der Waals surface area (Å²) in [5.74, 6) is -0.233. The Morgan fingerprint density at radius 2 is 1.93 bits per heavy atom. The lowest BCUT2D eigenvalue weighted by molar-refractivity contribution is 0.102. The summed E-state index contributed by atoms with van der Waals surface area (Å²) in [7, 11) is 0. The fourth-order valence-corrected chi connectivity index (χ4v) is 1.14. The molecule has 0 aliphatic carbocycles. The molecule has 0 aliphatic rings. The number of carbonyl (C=O) groups is 1. The van der Waals surface area contributed by atoms with Gasteiger partial charge in [0.1, 0.15) is 12.0 Å². The van der Waals surface area contributed by atoms with Gasteiger partial charge in [-0.2, -0.15) is 0 Å². The minimum Gasteiger partial charge on any atom is -0.321 e. The van der Waals surface area contributed by atoms with Gasteiger partial charge in [-0.25, -0.2) is 9.97 Å². The second-order valence-electron chi connectivity index (χ2n) is 2.91. The summed E-state index contributed by atoms with van der Waals surface area (Å²) in [6.07, 6.45) is 2.88. The molecule has 0 bridgehead atoms. The highest BCUT2D eigenvalue weighted by Crippen LogP contribution is 2.06. The van der Waals surface area contributed by atoms with Gasteiger partial charge in [-0.05, 0) is 18.2 Å². The topological polar surface area (TPSA) is 54.9 Å². The highest BCUT2D eigenvalue weighted by Gasteiger charge is 2.05. The number of rotatable bonds is 2. The molecular weight excluding hydrogens is 190 g/mol. The molecule has 4 heteroatoms. The molecule has 2 rings (SSSR count). The number of nitrogens with one attached hydrogen (secondary N) is 1. The number of hydrogen-bond acceptors (Lipinski definition) is 3. The monoisotopic (exact) mass is 199 g/mol. The fourth-order valence-electron chi connectivity index (χ4n) is 1.14. The van der Waals surface area contributed by atoms with Gasteiger partial charge >= 0.3 is 0 Å². The number of amides is 1. The maximum absolute atomic E-state index is 11.6. The van der Waals surface area contributed by atoms with Crippen molar-refractivity contribution in [3.8, 4) is 0 Å². The van der Waals surface area contributed by atoms with Crippen molar-refractivity contribution in [3.05, 3.63) is 54.6 Å². The van der Waals surface area contributed by atoms with Crippen LogP contribution in [0.25, 0.3) is 0 Å². The third-order valence-electron chi connectivity index (χ3n) is 1.85. The van der Waals surface area contributed by atoms with Crippen LogP contribution in [-0.4, -0.2) is 15.9 Å². The van der Waals surface area contributed by atoms with Crippen molar-refractivity contribution >= 4 is 11.6 Å². The normalized spacial score (nSPS) is 9.60. The summed E-state index contributed by atoms with van der Waals surface area (Å²) >= 11 is 0. The van der Waals surface area contributed by atoms with Crippen molar-refractivity contribution in [2.45, 2.75) is 0 Å². The molecule has 1 N–H and O–H groups in total. The van der Waals surface area contributed by atoms with Gasteiger partial charge in [0, 0.05) is 11.9 Å². The van der Waals surface area contributed by atoms with Gasteiger partial charge in [0.25, 0.3) is 5.91 Å². The van der Waals surface area contributed by atoms with Gasteiger partial charge in [-0.15, -0.1) is 0 Å². The summed E-state index contributed by atoms with van der Waals surface area (Å²) in [4.78, 5) is 19.2. The van der Waals surface area contributed by atoms with Gasteiger partial charge in [0.2, 0.25) is 0 Å². The summed E-state index contributed by atoms with van der Waals surface area (Å²) in [5.41, 5.74) is 1.11. The van der Waals surface area contributed by atoms with E-state index in [0.717, 1.165) is 5.69 Å². The molecule has 0 fully saturated rings. The summed E-state index contributed by atoms with van der Waals surface area (Å²) in [6, 6.07) is 10.8. The minimum absolute atomic E-state index is 0.233. The standard InChI is InChI=1S/C11H9N3O/c15-11(10-6-7-12-8-13-10)14-9-4-2-1-3-5-9/h1-8H,(H,14,15). The molecule has 0 saturated carbocycles. The molecule has 0 aliphatic heterocycles. The number of benzene rings is 1. The SMILES string of the molecule is O=C(Nc1ccccc1)c1ccncn1. The van der Waals surface area contributed by atoms with E-state index in [4.69, 9.17) is 0 Å². The maximum atomic E-state index is 11.6. The Bertz CT molecular complexity index is 442. The zero-order valence-electron chi connectivity index (χ0n) is 7.92. The number of carbonyl (C=O) groups excluding carboxylic acids is 1. The molecule has 1 heterocycles. The summed E-state index contributed by atoms with van der Waals surface area (Å²) < 4.78 is 0. The third kappa shape index (κ3) is 2.37. The van der Waals surface area contributed by atoms with E-state index in [-0.39, 0.29) is 5.91 Å². The Morgan fingerprint density at radius 1 is 1.13 bits per heavy atom. The Kier molecular flexibility index (Phi) is 2.69. The highest BCUT2D eigenvalue weighted by molar-refractivity contribution is 6.02. The van der Waals surface area contributed by atoms with Crippen molar-refractivity contribution in [1.29, 1.82) is 0 Å². The molecule has 4 nitrogen and oxygen atoms in total. The van der Waals surface area contributed by atoms with Crippen LogP contribution in [0.5, 0.6) is 0 Å². The van der Waals surface area contributed by atoms with E-state index in [2.05, 4.69) is 15.3 Å². The first-order chi connectivity index (χ1) is 7.36. The number of nitrogens with zero attached hydrogens (tertiary/aromatic N) is 2. The zero-order valence-corrected chi connectivity index (χ0v) is 7.92. The van der Waals surface area contributed by atoms with Crippen molar-refractivity contribution in [2.24, 2.45) is 0 Å². The van der Waals surface area contributed by atoms with Crippen LogP contribution < -0.4 is 5.32 Å². The van der Waals surface area contributed by atoms with Crippen LogP contribution in [-0.2, 0) is 0 Å². The Labute approximate surface area is 87.0 Å². The molecular formula is C11H9N3O. The third-order valence-corrected chi connectivity index (χ3v) is 1.85. The molecule has 1 aromatic carbocycles. The van der Waals surface area contributed by atoms with E-state index in [0.29, 0.717) is 5.69 Å². The molecule has 0 atom stereocenters. The second-order valence-corrected chi connectivity index (χ2v) is 2.91. The van der Waals surface area contributed by atoms with Crippen molar-refractivity contribution in [3.63, 3.8) is 0 Å². The lowest BCUT2D eigenvalue weighted by Crippen LogP contribution is -2.13. The molecule has 0 saturated heterocycles. The molecule has 1 aromatic heterocycles. The first-order valence-corrected chi connectivity index (χ1v) is 4.49. The van der Waals surface area contributed by atoms with Crippen LogP contribution >= 0.6 is 0 Å². The molecule has 15 heavy (non-hydrogen) atoms. The molecule has 2 aromatic rings. The van der Waals surface area contributed by atoms with E-state index in [1.165, 1.54) is 12.5 Å². The zero-order chi connectivity index (χ0) is 10.5. The molecule has 1 amide bonds. The highest BCUT2D eigenvalue weighted by atomic mass is 16.1. The first-order valence-electron chi connectivity index (χ1n) is 4.49. The number of para-hydroxylation sites is 1. The van der Waals surface area contributed by atoms with Gasteiger partial charge < -0.3 is 5.32 Å². The average molecular weight is 199 g/mol. The largest absolute Gasteiger partial charge is 0.321 e. The number of anilines is 1. The van der Waals surface area contributed by atoms with Gasteiger partial charge in [-0.3, -0.25) is 4.79 Å². The Balaban J connectivity index is 2.12. The maximum Gasteiger partial charge on any atom is 0.274 e. The van der Waals surface area contributed by atoms with E-state index in [1.54, 1.807) is 6.07 Å². The van der Waals surface area contributed by atoms with Crippen LogP contribution in [0, 0.1) is 0 Å². The quantitative estimate of drug-likeness (QED) is 0.801. The summed E-state index contributed by atoms with van der Waals surface area (Å²) in [6.45, 7) is 0. The number of aromatic nitrogens is 2. The van der Waals surface area contributed by atoms with Crippen molar-refractivity contribution in [1.82, 2.24) is 9.97 Å². The number of hydrogen-bond donors (Lipinski definition) is 1. The Morgan fingerprint density at radius 3 is 2.60 bits per heavy atom. The molecule has 74 valence electrons. The van der Waals surface area contributed by atoms with Crippen LogP contribution in [0.4, 0.5) is 5.69 Å². The van der Waals surface area contributed by atoms with Crippen molar-refractivity contribution < 1.29 is 4.79 Å². The predicted octanol–water partition coefficient (Wildman–Crippen LogP) is 1.73. The molecule has 0 radical (unpaired) electrons. The smallest absolute Gasteiger partial charge is 0.274 e. The van der Waals surface area contributed by atoms with Crippen LogP contribution in [0.15, 0.2) is 48.9 Å². The van der Waals surface area contributed by atoms with E-state index < -0.39 is 0 Å². The fraction of sp³-hybridized carbons (Fsp3) is 0. The Hall–Kier alpha value is -2.23. The van der Waals surface area contributed by atoms with Gasteiger partial charge in [-0.1, -0.05) is 18.2 Å². The van der Waals surface area contributed by atoms with Crippen LogP contribution in [0.1, 0.15) is 10.5 Å². The van der Waals surface area contributed by atoms with Crippen molar-refractivity contribution in [2.75, 3.05) is 5.32 Å². The van der Waals surface area contributed by atoms with Gasteiger partial charge in [0.05, 0.1) is 0 Å². The first kappa shape index (κ1) is 9.33. The lowest BCUT2D eigenvalue weighted by Gasteiger charge is -2.02. The minimum atomic E-state index is -0.233. The van der Waals surface area contributed by atoms with E-state index >= 15 is 0 Å². The van der Waals surface area contributed by atoms with E-state index in [9.17, 15) is 4.79 Å². The van der Waals surface area contributed by atoms with Crippen LogP contribution in [0.2, 0.25) is 0 Å². The van der Waals surface area contributed by atoms with Crippen LogP contribution in [0.3, 0.4) is 0 Å².